The average molecular weight is 270 g/mol. The average Bonchev–Trinajstić information content (AvgIpc) is 2.76. The van der Waals surface area contributed by atoms with Gasteiger partial charge in [0.1, 0.15) is 11.6 Å². The summed E-state index contributed by atoms with van der Waals surface area (Å²) in [6, 6.07) is 4.50. The number of aliphatic hydroxyl groups excluding tert-OH is 1. The molecular formula is C11H11FN2OS2. The second-order valence-corrected chi connectivity index (χ2v) is 5.46. The summed E-state index contributed by atoms with van der Waals surface area (Å²) >= 11 is 2.67. The van der Waals surface area contributed by atoms with Crippen molar-refractivity contribution in [2.24, 2.45) is 0 Å². The topological polar surface area (TPSA) is 46.0 Å². The van der Waals surface area contributed by atoms with Crippen LogP contribution < -0.4 is 0 Å². The van der Waals surface area contributed by atoms with Crippen molar-refractivity contribution in [3.05, 3.63) is 35.4 Å². The predicted octanol–water partition coefficient (Wildman–Crippen LogP) is 2.88. The van der Waals surface area contributed by atoms with E-state index in [9.17, 15) is 4.39 Å². The zero-order valence-corrected chi connectivity index (χ0v) is 10.8. The summed E-state index contributed by atoms with van der Waals surface area (Å²) in [6.07, 6.45) is 0.794. The van der Waals surface area contributed by atoms with Crippen molar-refractivity contribution in [2.75, 3.05) is 0 Å². The third-order valence-electron chi connectivity index (χ3n) is 2.08. The largest absolute Gasteiger partial charge is 0.392 e. The molecule has 0 fully saturated rings. The third-order valence-corrected chi connectivity index (χ3v) is 3.84. The van der Waals surface area contributed by atoms with Crippen molar-refractivity contribution in [3.8, 4) is 0 Å². The van der Waals surface area contributed by atoms with Gasteiger partial charge in [-0.2, -0.15) is 4.37 Å². The van der Waals surface area contributed by atoms with E-state index in [4.69, 9.17) is 5.11 Å². The van der Waals surface area contributed by atoms with Gasteiger partial charge in [-0.25, -0.2) is 9.37 Å². The van der Waals surface area contributed by atoms with Crippen LogP contribution in [0.1, 0.15) is 18.3 Å². The minimum absolute atomic E-state index is 0.165. The summed E-state index contributed by atoms with van der Waals surface area (Å²) < 4.78 is 18.2. The van der Waals surface area contributed by atoms with Crippen molar-refractivity contribution in [2.45, 2.75) is 29.2 Å². The lowest BCUT2D eigenvalue weighted by Gasteiger charge is -2.01. The molecule has 0 spiro atoms. The van der Waals surface area contributed by atoms with Crippen LogP contribution in [0.15, 0.2) is 27.4 Å². The zero-order chi connectivity index (χ0) is 12.3. The molecule has 1 N–H and O–H groups in total. The number of benzene rings is 1. The predicted molar refractivity (Wildman–Crippen MR) is 65.7 cm³/mol. The van der Waals surface area contributed by atoms with Crippen LogP contribution in [-0.4, -0.2) is 14.5 Å². The monoisotopic (exact) mass is 270 g/mol. The van der Waals surface area contributed by atoms with E-state index in [0.717, 1.165) is 21.5 Å². The summed E-state index contributed by atoms with van der Waals surface area (Å²) in [5, 5.41) is 8.99. The maximum Gasteiger partial charge on any atom is 0.174 e. The Hall–Kier alpha value is -0.980. The van der Waals surface area contributed by atoms with Crippen LogP contribution in [0.5, 0.6) is 0 Å². The fourth-order valence-electron chi connectivity index (χ4n) is 1.29. The van der Waals surface area contributed by atoms with Crippen LogP contribution in [0, 0.1) is 5.82 Å². The Morgan fingerprint density at radius 3 is 2.88 bits per heavy atom. The normalized spacial score (nSPS) is 10.8. The summed E-state index contributed by atoms with van der Waals surface area (Å²) in [5.74, 6) is 0.454. The molecule has 0 saturated carbocycles. The minimum Gasteiger partial charge on any atom is -0.392 e. The number of rotatable bonds is 4. The number of aliphatic hydroxyl groups is 1. The summed E-state index contributed by atoms with van der Waals surface area (Å²) in [7, 11) is 0. The molecule has 17 heavy (non-hydrogen) atoms. The molecule has 0 saturated heterocycles. The molecule has 0 aliphatic heterocycles. The highest BCUT2D eigenvalue weighted by atomic mass is 32.2. The van der Waals surface area contributed by atoms with Crippen molar-refractivity contribution in [1.29, 1.82) is 0 Å². The van der Waals surface area contributed by atoms with E-state index < -0.39 is 0 Å². The summed E-state index contributed by atoms with van der Waals surface area (Å²) in [5.41, 5.74) is 0.563. The van der Waals surface area contributed by atoms with Gasteiger partial charge in [0.05, 0.1) is 6.61 Å². The number of hydrogen-bond acceptors (Lipinski definition) is 5. The molecule has 2 rings (SSSR count). The van der Waals surface area contributed by atoms with Gasteiger partial charge < -0.3 is 5.11 Å². The highest BCUT2D eigenvalue weighted by molar-refractivity contribution is 8.01. The van der Waals surface area contributed by atoms with Gasteiger partial charge >= 0.3 is 0 Å². The summed E-state index contributed by atoms with van der Waals surface area (Å²) in [4.78, 5) is 5.02. The highest BCUT2D eigenvalue weighted by Gasteiger charge is 2.07. The molecule has 1 heterocycles. The second kappa shape index (κ2) is 5.57. The van der Waals surface area contributed by atoms with Crippen LogP contribution in [0.25, 0.3) is 0 Å². The molecule has 0 unspecified atom stereocenters. The van der Waals surface area contributed by atoms with E-state index in [1.54, 1.807) is 6.07 Å². The molecule has 2 aromatic rings. The van der Waals surface area contributed by atoms with Crippen LogP contribution >= 0.6 is 23.3 Å². The smallest absolute Gasteiger partial charge is 0.174 e. The van der Waals surface area contributed by atoms with E-state index >= 15 is 0 Å². The van der Waals surface area contributed by atoms with E-state index in [-0.39, 0.29) is 12.4 Å². The second-order valence-electron chi connectivity index (χ2n) is 3.39. The molecule has 0 aliphatic carbocycles. The molecule has 0 atom stereocenters. The van der Waals surface area contributed by atoms with E-state index in [0.29, 0.717) is 5.56 Å². The maximum atomic E-state index is 13.2. The Labute approximate surface area is 107 Å². The van der Waals surface area contributed by atoms with Gasteiger partial charge in [-0.1, -0.05) is 18.7 Å². The first kappa shape index (κ1) is 12.5. The molecule has 6 heteroatoms. The molecule has 1 aromatic carbocycles. The lowest BCUT2D eigenvalue weighted by molar-refractivity contribution is 0.281. The van der Waals surface area contributed by atoms with Gasteiger partial charge in [-0.3, -0.25) is 0 Å². The van der Waals surface area contributed by atoms with Gasteiger partial charge in [-0.05, 0) is 35.3 Å². The number of hydrogen-bond donors (Lipinski definition) is 1. The number of halogens is 1. The molecule has 0 bridgehead atoms. The van der Waals surface area contributed by atoms with Gasteiger partial charge in [0.2, 0.25) is 0 Å². The molecule has 1 aromatic heterocycles. The van der Waals surface area contributed by atoms with E-state index in [1.807, 2.05) is 6.92 Å². The first-order valence-electron chi connectivity index (χ1n) is 5.12. The Bertz CT molecular complexity index is 516. The van der Waals surface area contributed by atoms with Crippen molar-refractivity contribution in [1.82, 2.24) is 9.36 Å². The van der Waals surface area contributed by atoms with Gasteiger partial charge in [0, 0.05) is 11.3 Å². The number of aromatic nitrogens is 2. The molecule has 0 aliphatic rings. The van der Waals surface area contributed by atoms with E-state index in [1.165, 1.54) is 35.4 Å². The Morgan fingerprint density at radius 1 is 1.41 bits per heavy atom. The lowest BCUT2D eigenvalue weighted by atomic mass is 10.2. The molecular weight excluding hydrogens is 259 g/mol. The number of nitrogens with zero attached hydrogens (tertiary/aromatic N) is 2. The van der Waals surface area contributed by atoms with Crippen LogP contribution in [-0.2, 0) is 13.0 Å². The fraction of sp³-hybridized carbons (Fsp3) is 0.273. The molecule has 90 valence electrons. The summed E-state index contributed by atoms with van der Waals surface area (Å²) in [6.45, 7) is 1.82. The van der Waals surface area contributed by atoms with Crippen LogP contribution in [0.2, 0.25) is 0 Å². The Balaban J connectivity index is 2.20. The SMILES string of the molecule is CCc1nsc(Sc2cc(F)cc(CO)c2)n1. The molecule has 3 nitrogen and oxygen atoms in total. The van der Waals surface area contributed by atoms with Gasteiger partial charge in [-0.15, -0.1) is 0 Å². The standard InChI is InChI=1S/C11H11FN2OS2/c1-2-10-13-11(17-14-10)16-9-4-7(6-15)3-8(12)5-9/h3-5,15H,2,6H2,1H3. The van der Waals surface area contributed by atoms with Crippen molar-refractivity contribution >= 4 is 23.3 Å². The first-order chi connectivity index (χ1) is 8.21. The zero-order valence-electron chi connectivity index (χ0n) is 9.18. The fourth-order valence-corrected chi connectivity index (χ4v) is 3.08. The lowest BCUT2D eigenvalue weighted by Crippen LogP contribution is -1.87. The molecule has 0 amide bonds. The molecule has 0 radical (unpaired) electrons. The third kappa shape index (κ3) is 3.24. The maximum absolute atomic E-state index is 13.2. The van der Waals surface area contributed by atoms with Gasteiger partial charge in [0.15, 0.2) is 4.34 Å². The Morgan fingerprint density at radius 2 is 2.24 bits per heavy atom. The van der Waals surface area contributed by atoms with Gasteiger partial charge in [0.25, 0.3) is 0 Å². The number of aryl methyl sites for hydroxylation is 1. The minimum atomic E-state index is -0.348. The van der Waals surface area contributed by atoms with Crippen LogP contribution in [0.3, 0.4) is 0 Å². The quantitative estimate of drug-likeness (QED) is 0.928. The highest BCUT2D eigenvalue weighted by Crippen LogP contribution is 2.30. The Kier molecular flexibility index (Phi) is 4.09. The van der Waals surface area contributed by atoms with E-state index in [2.05, 4.69) is 9.36 Å². The first-order valence-corrected chi connectivity index (χ1v) is 6.71. The van der Waals surface area contributed by atoms with Crippen LogP contribution in [0.4, 0.5) is 4.39 Å². The van der Waals surface area contributed by atoms with Crippen molar-refractivity contribution < 1.29 is 9.50 Å². The van der Waals surface area contributed by atoms with Crippen molar-refractivity contribution in [3.63, 3.8) is 0 Å².